The molecule has 3 fully saturated rings. The van der Waals surface area contributed by atoms with Crippen molar-refractivity contribution < 1.29 is 22.7 Å². The molecule has 2 N–H and O–H groups in total. The molecule has 1 aromatic carbocycles. The molecular formula is C21H29N3O5S. The Hall–Kier alpha value is -1.97. The van der Waals surface area contributed by atoms with Gasteiger partial charge in [0.1, 0.15) is 6.04 Å². The Kier molecular flexibility index (Phi) is 5.87. The minimum Gasteiger partial charge on any atom is -0.381 e. The van der Waals surface area contributed by atoms with E-state index in [1.807, 2.05) is 0 Å². The third-order valence-electron chi connectivity index (χ3n) is 6.52. The van der Waals surface area contributed by atoms with Gasteiger partial charge in [0.25, 0.3) is 0 Å². The van der Waals surface area contributed by atoms with E-state index in [2.05, 4.69) is 10.6 Å². The second-order valence-electron chi connectivity index (χ2n) is 8.43. The maximum absolute atomic E-state index is 13.3. The maximum Gasteiger partial charge on any atom is 0.244 e. The number of rotatable bonds is 6. The Morgan fingerprint density at radius 1 is 1.13 bits per heavy atom. The minimum absolute atomic E-state index is 0.0397. The van der Waals surface area contributed by atoms with Crippen molar-refractivity contribution in [2.75, 3.05) is 26.8 Å². The lowest BCUT2D eigenvalue weighted by atomic mass is 9.98. The van der Waals surface area contributed by atoms with Crippen LogP contribution in [0.25, 0.3) is 0 Å². The summed E-state index contributed by atoms with van der Waals surface area (Å²) in [6, 6.07) is 7.47. The summed E-state index contributed by atoms with van der Waals surface area (Å²) in [6.45, 7) is 1.06. The fourth-order valence-electron chi connectivity index (χ4n) is 4.38. The van der Waals surface area contributed by atoms with E-state index in [0.29, 0.717) is 26.1 Å². The molecule has 1 saturated carbocycles. The van der Waals surface area contributed by atoms with E-state index in [1.54, 1.807) is 37.4 Å². The molecule has 0 aromatic heterocycles. The summed E-state index contributed by atoms with van der Waals surface area (Å²) >= 11 is 0. The zero-order valence-corrected chi connectivity index (χ0v) is 18.0. The molecule has 0 spiro atoms. The van der Waals surface area contributed by atoms with Crippen LogP contribution in [0.1, 0.15) is 32.1 Å². The fourth-order valence-corrected chi connectivity index (χ4v) is 6.09. The van der Waals surface area contributed by atoms with Crippen LogP contribution in [0.3, 0.4) is 0 Å². The highest BCUT2D eigenvalue weighted by molar-refractivity contribution is 7.92. The Morgan fingerprint density at radius 2 is 1.80 bits per heavy atom. The Bertz CT molecular complexity index is 894. The predicted molar refractivity (Wildman–Crippen MR) is 110 cm³/mol. The van der Waals surface area contributed by atoms with Gasteiger partial charge >= 0.3 is 0 Å². The zero-order chi connectivity index (χ0) is 21.4. The van der Waals surface area contributed by atoms with Crippen LogP contribution in [-0.4, -0.2) is 68.9 Å². The van der Waals surface area contributed by atoms with E-state index in [4.69, 9.17) is 4.74 Å². The molecule has 2 atom stereocenters. The highest BCUT2D eigenvalue weighted by Crippen LogP contribution is 2.34. The van der Waals surface area contributed by atoms with Gasteiger partial charge < -0.3 is 15.0 Å². The van der Waals surface area contributed by atoms with E-state index in [1.165, 1.54) is 4.90 Å². The highest BCUT2D eigenvalue weighted by Gasteiger charge is 2.50. The van der Waals surface area contributed by atoms with Crippen molar-refractivity contribution >= 4 is 21.7 Å². The summed E-state index contributed by atoms with van der Waals surface area (Å²) in [5, 5.41) is 5.30. The molecule has 0 bridgehead atoms. The van der Waals surface area contributed by atoms with Gasteiger partial charge in [-0.05, 0) is 51.3 Å². The molecule has 4 rings (SSSR count). The van der Waals surface area contributed by atoms with Crippen LogP contribution in [0, 0.1) is 5.92 Å². The second kappa shape index (κ2) is 8.28. The molecule has 2 heterocycles. The molecule has 9 heteroatoms. The number of nitrogens with one attached hydrogen (secondary N) is 2. The summed E-state index contributed by atoms with van der Waals surface area (Å²) in [6.07, 6.45) is 2.95. The number of amides is 2. The lowest BCUT2D eigenvalue weighted by Crippen LogP contribution is -2.54. The molecule has 2 saturated heterocycles. The summed E-state index contributed by atoms with van der Waals surface area (Å²) in [7, 11) is -1.86. The van der Waals surface area contributed by atoms with Crippen LogP contribution in [0.15, 0.2) is 35.2 Å². The van der Waals surface area contributed by atoms with Crippen molar-refractivity contribution in [2.24, 2.45) is 5.92 Å². The van der Waals surface area contributed by atoms with E-state index in [0.717, 1.165) is 12.8 Å². The smallest absolute Gasteiger partial charge is 0.244 e. The van der Waals surface area contributed by atoms with Crippen LogP contribution >= 0.6 is 0 Å². The number of hydrogen-bond acceptors (Lipinski definition) is 6. The predicted octanol–water partition coefficient (Wildman–Crippen LogP) is 0.682. The normalized spacial score (nSPS) is 26.4. The van der Waals surface area contributed by atoms with E-state index in [-0.39, 0.29) is 35.6 Å². The average molecular weight is 436 g/mol. The number of benzene rings is 1. The second-order valence-corrected chi connectivity index (χ2v) is 10.7. The molecule has 0 radical (unpaired) electrons. The van der Waals surface area contributed by atoms with Crippen molar-refractivity contribution in [3.8, 4) is 0 Å². The molecule has 1 aliphatic carbocycles. The number of likely N-dealkylation sites (tertiary alicyclic amines) is 1. The molecule has 2 amide bonds. The van der Waals surface area contributed by atoms with E-state index >= 15 is 0 Å². The van der Waals surface area contributed by atoms with Gasteiger partial charge in [0, 0.05) is 25.7 Å². The van der Waals surface area contributed by atoms with Crippen LogP contribution in [0.4, 0.5) is 0 Å². The summed E-state index contributed by atoms with van der Waals surface area (Å²) in [5.74, 6) is -0.655. The molecule has 2 aliphatic heterocycles. The lowest BCUT2D eigenvalue weighted by molar-refractivity contribution is -0.144. The average Bonchev–Trinajstić information content (AvgIpc) is 3.39. The van der Waals surface area contributed by atoms with Gasteiger partial charge in [0.05, 0.1) is 15.8 Å². The van der Waals surface area contributed by atoms with E-state index in [9.17, 15) is 18.0 Å². The van der Waals surface area contributed by atoms with E-state index < -0.39 is 26.8 Å². The molecule has 30 heavy (non-hydrogen) atoms. The molecule has 164 valence electrons. The fraction of sp³-hybridized carbons (Fsp3) is 0.619. The lowest BCUT2D eigenvalue weighted by Gasteiger charge is -2.31. The molecule has 1 aromatic rings. The SMILES string of the molecule is CNC1(NC(=O)[C@@H]2C[C@@H](S(=O)(=O)c3ccccc3)CN2C(=O)C2CCOCC2)CC1. The van der Waals surface area contributed by atoms with Crippen molar-refractivity contribution in [2.45, 2.75) is 54.0 Å². The molecule has 3 aliphatic rings. The van der Waals surface area contributed by atoms with Gasteiger partial charge in [0.2, 0.25) is 11.8 Å². The first-order valence-corrected chi connectivity index (χ1v) is 12.1. The third kappa shape index (κ3) is 4.10. The topological polar surface area (TPSA) is 105 Å². The van der Waals surface area contributed by atoms with Crippen LogP contribution < -0.4 is 10.6 Å². The van der Waals surface area contributed by atoms with Crippen molar-refractivity contribution in [3.63, 3.8) is 0 Å². The van der Waals surface area contributed by atoms with Gasteiger partial charge in [-0.1, -0.05) is 18.2 Å². The first kappa shape index (κ1) is 21.3. The van der Waals surface area contributed by atoms with Gasteiger partial charge in [-0.15, -0.1) is 0 Å². The quantitative estimate of drug-likeness (QED) is 0.637. The van der Waals surface area contributed by atoms with Crippen molar-refractivity contribution in [1.82, 2.24) is 15.5 Å². The van der Waals surface area contributed by atoms with Crippen molar-refractivity contribution in [3.05, 3.63) is 30.3 Å². The zero-order valence-electron chi connectivity index (χ0n) is 17.2. The summed E-state index contributed by atoms with van der Waals surface area (Å²) in [5.41, 5.74) is -0.430. The Labute approximate surface area is 177 Å². The number of hydrogen-bond donors (Lipinski definition) is 2. The standard InChI is InChI=1S/C21H29N3O5S/c1-22-21(9-10-21)23-19(25)18-13-17(30(27,28)16-5-3-2-4-6-16)14-24(18)20(26)15-7-11-29-12-8-15/h2-6,15,17-18,22H,7-14H2,1H3,(H,23,25)/t17-,18+/m1/s1. The largest absolute Gasteiger partial charge is 0.381 e. The molecule has 8 nitrogen and oxygen atoms in total. The maximum atomic E-state index is 13.3. The molecule has 0 unspecified atom stereocenters. The number of carbonyl (C=O) groups excluding carboxylic acids is 2. The number of carbonyl (C=O) groups is 2. The van der Waals surface area contributed by atoms with Gasteiger partial charge in [0.15, 0.2) is 9.84 Å². The van der Waals surface area contributed by atoms with Crippen LogP contribution in [-0.2, 0) is 24.2 Å². The Morgan fingerprint density at radius 3 is 2.40 bits per heavy atom. The number of nitrogens with zero attached hydrogens (tertiary/aromatic N) is 1. The first-order valence-electron chi connectivity index (χ1n) is 10.5. The minimum atomic E-state index is -3.65. The van der Waals surface area contributed by atoms with Crippen LogP contribution in [0.2, 0.25) is 0 Å². The summed E-state index contributed by atoms with van der Waals surface area (Å²) in [4.78, 5) is 28.1. The number of sulfone groups is 1. The van der Waals surface area contributed by atoms with Gasteiger partial charge in [-0.2, -0.15) is 0 Å². The summed E-state index contributed by atoms with van der Waals surface area (Å²) < 4.78 is 31.8. The molecular weight excluding hydrogens is 406 g/mol. The highest BCUT2D eigenvalue weighted by atomic mass is 32.2. The Balaban J connectivity index is 1.58. The number of ether oxygens (including phenoxy) is 1. The van der Waals surface area contributed by atoms with Gasteiger partial charge in [-0.25, -0.2) is 8.42 Å². The monoisotopic (exact) mass is 435 g/mol. The first-order chi connectivity index (χ1) is 14.4. The van der Waals surface area contributed by atoms with Gasteiger partial charge in [-0.3, -0.25) is 14.9 Å². The van der Waals surface area contributed by atoms with Crippen LogP contribution in [0.5, 0.6) is 0 Å². The third-order valence-corrected chi connectivity index (χ3v) is 8.67. The van der Waals surface area contributed by atoms with Crippen molar-refractivity contribution in [1.29, 1.82) is 0 Å².